The Morgan fingerprint density at radius 2 is 1.74 bits per heavy atom. The predicted octanol–water partition coefficient (Wildman–Crippen LogP) is 5.05. The maximum atomic E-state index is 12.6. The third-order valence-corrected chi connectivity index (χ3v) is 6.19. The highest BCUT2D eigenvalue weighted by atomic mass is 32.2. The van der Waals surface area contributed by atoms with Gasteiger partial charge in [0.25, 0.3) is 0 Å². The molecule has 31 heavy (non-hydrogen) atoms. The lowest BCUT2D eigenvalue weighted by Gasteiger charge is -2.24. The number of carbonyl (C=O) groups is 2. The van der Waals surface area contributed by atoms with Gasteiger partial charge in [0, 0.05) is 11.4 Å². The first-order chi connectivity index (χ1) is 15.1. The van der Waals surface area contributed by atoms with E-state index in [1.807, 2.05) is 90.7 Å². The van der Waals surface area contributed by atoms with Crippen LogP contribution in [0, 0.1) is 0 Å². The molecule has 1 saturated heterocycles. The van der Waals surface area contributed by atoms with Crippen molar-refractivity contribution in [2.24, 2.45) is 0 Å². The van der Waals surface area contributed by atoms with Crippen LogP contribution >= 0.6 is 11.8 Å². The zero-order chi connectivity index (χ0) is 21.6. The van der Waals surface area contributed by atoms with E-state index in [2.05, 4.69) is 5.32 Å². The Balaban J connectivity index is 1.44. The Morgan fingerprint density at radius 3 is 2.42 bits per heavy atom. The molecule has 3 aromatic rings. The minimum absolute atomic E-state index is 0.0552. The van der Waals surface area contributed by atoms with Crippen LogP contribution in [-0.2, 0) is 16.0 Å². The van der Waals surface area contributed by atoms with Crippen molar-refractivity contribution in [2.75, 3.05) is 22.6 Å². The summed E-state index contributed by atoms with van der Waals surface area (Å²) in [5.74, 6) is 1.26. The number of benzene rings is 3. The van der Waals surface area contributed by atoms with E-state index in [0.717, 1.165) is 28.3 Å². The normalized spacial score (nSPS) is 15.7. The SMILES string of the molecule is CCOc1ccc(N2C(=O)CSC2c2ccc(NC(=O)Cc3ccccc3)cc2)cc1. The van der Waals surface area contributed by atoms with E-state index >= 15 is 0 Å². The average Bonchev–Trinajstić information content (AvgIpc) is 3.17. The summed E-state index contributed by atoms with van der Waals surface area (Å²) in [5, 5.41) is 2.84. The molecule has 0 spiro atoms. The number of hydrogen-bond donors (Lipinski definition) is 1. The molecule has 6 heteroatoms. The van der Waals surface area contributed by atoms with E-state index in [4.69, 9.17) is 4.74 Å². The highest BCUT2D eigenvalue weighted by molar-refractivity contribution is 8.00. The molecule has 0 aromatic heterocycles. The topological polar surface area (TPSA) is 58.6 Å². The van der Waals surface area contributed by atoms with Gasteiger partial charge >= 0.3 is 0 Å². The molecule has 5 nitrogen and oxygen atoms in total. The quantitative estimate of drug-likeness (QED) is 0.568. The van der Waals surface area contributed by atoms with Gasteiger partial charge in [-0.25, -0.2) is 0 Å². The summed E-state index contributed by atoms with van der Waals surface area (Å²) in [4.78, 5) is 26.7. The van der Waals surface area contributed by atoms with Crippen LogP contribution in [0.5, 0.6) is 5.75 Å². The molecule has 2 amide bonds. The molecule has 1 aliphatic heterocycles. The lowest BCUT2D eigenvalue weighted by molar-refractivity contribution is -0.116. The van der Waals surface area contributed by atoms with Crippen LogP contribution in [0.3, 0.4) is 0 Å². The van der Waals surface area contributed by atoms with Gasteiger partial charge in [-0.2, -0.15) is 0 Å². The number of amides is 2. The maximum absolute atomic E-state index is 12.6. The van der Waals surface area contributed by atoms with Gasteiger partial charge in [-0.05, 0) is 54.4 Å². The molecule has 0 saturated carbocycles. The molecule has 1 aliphatic rings. The van der Waals surface area contributed by atoms with Crippen molar-refractivity contribution in [3.63, 3.8) is 0 Å². The number of nitrogens with zero attached hydrogens (tertiary/aromatic N) is 1. The molecule has 0 aliphatic carbocycles. The molecule has 1 atom stereocenters. The Hall–Kier alpha value is -3.25. The summed E-state index contributed by atoms with van der Waals surface area (Å²) in [5.41, 5.74) is 3.59. The second kappa shape index (κ2) is 9.71. The Morgan fingerprint density at radius 1 is 1.03 bits per heavy atom. The molecule has 3 aromatic carbocycles. The minimum Gasteiger partial charge on any atom is -0.494 e. The number of ether oxygens (including phenoxy) is 1. The van der Waals surface area contributed by atoms with Crippen LogP contribution in [0.1, 0.15) is 23.4 Å². The highest BCUT2D eigenvalue weighted by Gasteiger charge is 2.34. The lowest BCUT2D eigenvalue weighted by atomic mass is 10.1. The lowest BCUT2D eigenvalue weighted by Crippen LogP contribution is -2.27. The van der Waals surface area contributed by atoms with Gasteiger partial charge < -0.3 is 10.1 Å². The van der Waals surface area contributed by atoms with Crippen molar-refractivity contribution in [2.45, 2.75) is 18.7 Å². The van der Waals surface area contributed by atoms with Crippen LogP contribution < -0.4 is 15.0 Å². The molecule has 1 unspecified atom stereocenters. The van der Waals surface area contributed by atoms with Crippen LogP contribution in [0.2, 0.25) is 0 Å². The summed E-state index contributed by atoms with van der Waals surface area (Å²) in [6, 6.07) is 25.0. The van der Waals surface area contributed by atoms with E-state index in [1.165, 1.54) is 0 Å². The van der Waals surface area contributed by atoms with Gasteiger partial charge in [0.1, 0.15) is 11.1 Å². The predicted molar refractivity (Wildman–Crippen MR) is 126 cm³/mol. The minimum atomic E-state index is -0.0977. The van der Waals surface area contributed by atoms with Gasteiger partial charge in [-0.3, -0.25) is 14.5 Å². The van der Waals surface area contributed by atoms with Crippen LogP contribution in [0.15, 0.2) is 78.9 Å². The second-order valence-electron chi connectivity index (χ2n) is 7.19. The highest BCUT2D eigenvalue weighted by Crippen LogP contribution is 2.42. The smallest absolute Gasteiger partial charge is 0.238 e. The van der Waals surface area contributed by atoms with Crippen LogP contribution in [0.25, 0.3) is 0 Å². The fraction of sp³-hybridized carbons (Fsp3) is 0.200. The molecule has 158 valence electrons. The molecule has 1 heterocycles. The summed E-state index contributed by atoms with van der Waals surface area (Å²) in [7, 11) is 0. The number of nitrogens with one attached hydrogen (secondary N) is 1. The first-order valence-corrected chi connectivity index (χ1v) is 11.3. The molecule has 0 bridgehead atoms. The third-order valence-electron chi connectivity index (χ3n) is 4.98. The van der Waals surface area contributed by atoms with Crippen LogP contribution in [0.4, 0.5) is 11.4 Å². The molecular weight excluding hydrogens is 408 g/mol. The standard InChI is InChI=1S/C25H24N2O3S/c1-2-30-22-14-12-21(13-15-22)27-24(29)17-31-25(27)19-8-10-20(11-9-19)26-23(28)16-18-6-4-3-5-7-18/h3-15,25H,2,16-17H2,1H3,(H,26,28). The summed E-state index contributed by atoms with van der Waals surface area (Å²) in [6.07, 6.45) is 0.334. The summed E-state index contributed by atoms with van der Waals surface area (Å²) >= 11 is 1.60. The molecular formula is C25H24N2O3S. The Bertz CT molecular complexity index is 1040. The monoisotopic (exact) mass is 432 g/mol. The summed E-state index contributed by atoms with van der Waals surface area (Å²) < 4.78 is 5.50. The average molecular weight is 433 g/mol. The fourth-order valence-corrected chi connectivity index (χ4v) is 4.71. The molecule has 4 rings (SSSR count). The Labute approximate surface area is 186 Å². The fourth-order valence-electron chi connectivity index (χ4n) is 3.54. The van der Waals surface area contributed by atoms with Gasteiger partial charge in [0.2, 0.25) is 11.8 Å². The van der Waals surface area contributed by atoms with Gasteiger partial charge in [0.05, 0.1) is 18.8 Å². The Kier molecular flexibility index (Phi) is 6.57. The van der Waals surface area contributed by atoms with Crippen molar-refractivity contribution in [1.29, 1.82) is 0 Å². The zero-order valence-electron chi connectivity index (χ0n) is 17.3. The number of hydrogen-bond acceptors (Lipinski definition) is 4. The van der Waals surface area contributed by atoms with E-state index in [0.29, 0.717) is 18.8 Å². The first kappa shape index (κ1) is 21.0. The number of rotatable bonds is 7. The zero-order valence-corrected chi connectivity index (χ0v) is 18.1. The van der Waals surface area contributed by atoms with E-state index in [1.54, 1.807) is 11.8 Å². The third kappa shape index (κ3) is 5.09. The van der Waals surface area contributed by atoms with Crippen molar-refractivity contribution in [1.82, 2.24) is 0 Å². The first-order valence-electron chi connectivity index (χ1n) is 10.2. The van der Waals surface area contributed by atoms with E-state index in [-0.39, 0.29) is 17.2 Å². The van der Waals surface area contributed by atoms with Crippen molar-refractivity contribution in [3.05, 3.63) is 90.0 Å². The van der Waals surface area contributed by atoms with Gasteiger partial charge in [0.15, 0.2) is 0 Å². The van der Waals surface area contributed by atoms with Gasteiger partial charge in [-0.1, -0.05) is 42.5 Å². The maximum Gasteiger partial charge on any atom is 0.238 e. The number of thioether (sulfide) groups is 1. The summed E-state index contributed by atoms with van der Waals surface area (Å²) in [6.45, 7) is 2.55. The van der Waals surface area contributed by atoms with Crippen molar-refractivity contribution in [3.8, 4) is 5.75 Å². The van der Waals surface area contributed by atoms with Crippen molar-refractivity contribution < 1.29 is 14.3 Å². The second-order valence-corrected chi connectivity index (χ2v) is 8.26. The van der Waals surface area contributed by atoms with E-state index < -0.39 is 0 Å². The largest absolute Gasteiger partial charge is 0.494 e. The van der Waals surface area contributed by atoms with E-state index in [9.17, 15) is 9.59 Å². The molecule has 0 radical (unpaired) electrons. The molecule has 1 fully saturated rings. The van der Waals surface area contributed by atoms with Gasteiger partial charge in [-0.15, -0.1) is 11.8 Å². The van der Waals surface area contributed by atoms with Crippen LogP contribution in [-0.4, -0.2) is 24.2 Å². The van der Waals surface area contributed by atoms with Crippen molar-refractivity contribution >= 4 is 35.0 Å². The number of carbonyl (C=O) groups excluding carboxylic acids is 2. The number of anilines is 2. The molecule has 1 N–H and O–H groups in total.